The second-order valence-corrected chi connectivity index (χ2v) is 4.73. The van der Waals surface area contributed by atoms with Crippen molar-refractivity contribution >= 4 is 11.9 Å². The van der Waals surface area contributed by atoms with Crippen LogP contribution < -0.4 is 0 Å². The maximum atomic E-state index is 12.1. The molecule has 98 valence electrons. The minimum atomic E-state index is -0.813. The van der Waals surface area contributed by atoms with Gasteiger partial charge in [-0.3, -0.25) is 9.59 Å². The highest BCUT2D eigenvalue weighted by Gasteiger charge is 2.42. The molecule has 1 aromatic heterocycles. The van der Waals surface area contributed by atoms with Crippen LogP contribution in [0, 0.1) is 5.41 Å². The van der Waals surface area contributed by atoms with Crippen molar-refractivity contribution in [3.05, 3.63) is 18.2 Å². The number of aromatic amines is 1. The maximum Gasteiger partial charge on any atom is 0.311 e. The number of carboxylic acid groups (broad SMARTS) is 1. The number of likely N-dealkylation sites (tertiary alicyclic amines) is 1. The number of aliphatic carboxylic acids is 1. The molecule has 1 aromatic rings. The van der Waals surface area contributed by atoms with Crippen LogP contribution in [0.25, 0.3) is 0 Å². The van der Waals surface area contributed by atoms with Crippen molar-refractivity contribution in [3.63, 3.8) is 0 Å². The lowest BCUT2D eigenvalue weighted by Gasteiger charge is -2.39. The van der Waals surface area contributed by atoms with Gasteiger partial charge in [-0.2, -0.15) is 0 Å². The molecule has 1 fully saturated rings. The van der Waals surface area contributed by atoms with E-state index < -0.39 is 11.4 Å². The minimum Gasteiger partial charge on any atom is -0.481 e. The summed E-state index contributed by atoms with van der Waals surface area (Å²) in [6.07, 6.45) is 4.80. The second kappa shape index (κ2) is 4.80. The van der Waals surface area contributed by atoms with E-state index in [1.54, 1.807) is 4.90 Å². The van der Waals surface area contributed by atoms with E-state index in [2.05, 4.69) is 9.97 Å². The summed E-state index contributed by atoms with van der Waals surface area (Å²) in [4.78, 5) is 31.7. The van der Waals surface area contributed by atoms with Gasteiger partial charge in [-0.15, -0.1) is 0 Å². The van der Waals surface area contributed by atoms with Crippen molar-refractivity contribution < 1.29 is 14.7 Å². The Bertz CT molecular complexity index is 443. The molecule has 1 unspecified atom stereocenters. The molecule has 0 bridgehead atoms. The molecule has 1 atom stereocenters. The molecule has 0 aliphatic carbocycles. The number of rotatable bonds is 3. The molecule has 6 nitrogen and oxygen atoms in total. The van der Waals surface area contributed by atoms with Gasteiger partial charge in [0.05, 0.1) is 17.9 Å². The highest BCUT2D eigenvalue weighted by molar-refractivity contribution is 5.92. The Morgan fingerprint density at radius 2 is 2.39 bits per heavy atom. The van der Waals surface area contributed by atoms with Crippen LogP contribution in [0.4, 0.5) is 0 Å². The Balaban J connectivity index is 2.16. The number of piperidine rings is 1. The van der Waals surface area contributed by atoms with Crippen molar-refractivity contribution in [3.8, 4) is 0 Å². The quantitative estimate of drug-likeness (QED) is 0.843. The number of nitrogens with zero attached hydrogens (tertiary/aromatic N) is 2. The molecule has 18 heavy (non-hydrogen) atoms. The molecule has 2 heterocycles. The molecule has 6 heteroatoms. The summed E-state index contributed by atoms with van der Waals surface area (Å²) in [6.45, 7) is 2.74. The van der Waals surface area contributed by atoms with Gasteiger partial charge in [0, 0.05) is 13.1 Å². The molecule has 1 amide bonds. The summed E-state index contributed by atoms with van der Waals surface area (Å²) >= 11 is 0. The number of nitrogens with one attached hydrogen (secondary N) is 1. The fraction of sp³-hybridized carbons (Fsp3) is 0.583. The number of H-pyrrole nitrogens is 1. The van der Waals surface area contributed by atoms with Gasteiger partial charge < -0.3 is 15.0 Å². The van der Waals surface area contributed by atoms with Gasteiger partial charge in [-0.25, -0.2) is 4.98 Å². The van der Waals surface area contributed by atoms with Gasteiger partial charge in [-0.1, -0.05) is 6.92 Å². The molecule has 0 saturated carbocycles. The SMILES string of the molecule is CCC1(C(=O)O)CCCN(C(=O)c2cnc[nH]2)C1. The first-order valence-electron chi connectivity index (χ1n) is 6.10. The first-order chi connectivity index (χ1) is 8.59. The van der Waals surface area contributed by atoms with E-state index in [-0.39, 0.29) is 12.5 Å². The number of hydrogen-bond donors (Lipinski definition) is 2. The Morgan fingerprint density at radius 3 is 2.94 bits per heavy atom. The van der Waals surface area contributed by atoms with Crippen molar-refractivity contribution in [1.29, 1.82) is 0 Å². The lowest BCUT2D eigenvalue weighted by atomic mass is 9.77. The lowest BCUT2D eigenvalue weighted by Crippen LogP contribution is -2.49. The van der Waals surface area contributed by atoms with Crippen LogP contribution in [0.15, 0.2) is 12.5 Å². The summed E-state index contributed by atoms with van der Waals surface area (Å²) in [5.74, 6) is -0.988. The van der Waals surface area contributed by atoms with E-state index in [0.717, 1.165) is 6.42 Å². The topological polar surface area (TPSA) is 86.3 Å². The molecule has 0 aromatic carbocycles. The van der Waals surface area contributed by atoms with Gasteiger partial charge in [0.1, 0.15) is 5.69 Å². The monoisotopic (exact) mass is 251 g/mol. The summed E-state index contributed by atoms with van der Waals surface area (Å²) in [6, 6.07) is 0. The lowest BCUT2D eigenvalue weighted by molar-refractivity contribution is -0.152. The smallest absolute Gasteiger partial charge is 0.311 e. The van der Waals surface area contributed by atoms with Crippen LogP contribution in [0.5, 0.6) is 0 Å². The Morgan fingerprint density at radius 1 is 1.61 bits per heavy atom. The van der Waals surface area contributed by atoms with Crippen molar-refractivity contribution in [2.75, 3.05) is 13.1 Å². The highest BCUT2D eigenvalue weighted by Crippen LogP contribution is 2.34. The molecule has 1 aliphatic rings. The van der Waals surface area contributed by atoms with Gasteiger partial charge >= 0.3 is 5.97 Å². The molecule has 1 aliphatic heterocycles. The molecular formula is C12H17N3O3. The third-order valence-electron chi connectivity index (χ3n) is 3.72. The normalized spacial score (nSPS) is 23.9. The Kier molecular flexibility index (Phi) is 3.36. The molecule has 0 spiro atoms. The highest BCUT2D eigenvalue weighted by atomic mass is 16.4. The van der Waals surface area contributed by atoms with Crippen molar-refractivity contribution in [1.82, 2.24) is 14.9 Å². The number of carboxylic acids is 1. The van der Waals surface area contributed by atoms with E-state index in [9.17, 15) is 14.7 Å². The van der Waals surface area contributed by atoms with Crippen molar-refractivity contribution in [2.45, 2.75) is 26.2 Å². The number of hydrogen-bond acceptors (Lipinski definition) is 3. The Labute approximate surface area is 105 Å². The van der Waals surface area contributed by atoms with Crippen LogP contribution in [0.1, 0.15) is 36.7 Å². The maximum absolute atomic E-state index is 12.1. The average Bonchev–Trinajstić information content (AvgIpc) is 2.91. The van der Waals surface area contributed by atoms with Gasteiger partial charge in [-0.05, 0) is 19.3 Å². The molecule has 2 N–H and O–H groups in total. The fourth-order valence-electron chi connectivity index (χ4n) is 2.46. The van der Waals surface area contributed by atoms with E-state index in [1.807, 2.05) is 6.92 Å². The molecular weight excluding hydrogens is 234 g/mol. The van der Waals surface area contributed by atoms with E-state index in [1.165, 1.54) is 12.5 Å². The Hall–Kier alpha value is -1.85. The standard InChI is InChI=1S/C12H17N3O3/c1-2-12(11(17)18)4-3-5-15(7-12)10(16)9-6-13-8-14-9/h6,8H,2-5,7H2,1H3,(H,13,14)(H,17,18). The zero-order chi connectivity index (χ0) is 13.2. The average molecular weight is 251 g/mol. The van der Waals surface area contributed by atoms with Crippen LogP contribution in [-0.2, 0) is 4.79 Å². The zero-order valence-corrected chi connectivity index (χ0v) is 10.3. The largest absolute Gasteiger partial charge is 0.481 e. The number of carbonyl (C=O) groups is 2. The summed E-state index contributed by atoms with van der Waals surface area (Å²) in [7, 11) is 0. The second-order valence-electron chi connectivity index (χ2n) is 4.73. The predicted octanol–water partition coefficient (Wildman–Crippen LogP) is 1.13. The van der Waals surface area contributed by atoms with Gasteiger partial charge in [0.15, 0.2) is 0 Å². The molecule has 2 rings (SSSR count). The number of carbonyl (C=O) groups excluding carboxylic acids is 1. The van der Waals surface area contributed by atoms with Crippen LogP contribution in [0.2, 0.25) is 0 Å². The van der Waals surface area contributed by atoms with Crippen molar-refractivity contribution in [2.24, 2.45) is 5.41 Å². The minimum absolute atomic E-state index is 0.175. The summed E-state index contributed by atoms with van der Waals surface area (Å²) in [5, 5.41) is 9.36. The van der Waals surface area contributed by atoms with E-state index >= 15 is 0 Å². The summed E-state index contributed by atoms with van der Waals surface area (Å²) < 4.78 is 0. The third-order valence-corrected chi connectivity index (χ3v) is 3.72. The molecule has 0 radical (unpaired) electrons. The fourth-order valence-corrected chi connectivity index (χ4v) is 2.46. The first kappa shape index (κ1) is 12.6. The van der Waals surface area contributed by atoms with Crippen LogP contribution in [0.3, 0.4) is 0 Å². The summed E-state index contributed by atoms with van der Waals surface area (Å²) in [5.41, 5.74) is -0.388. The predicted molar refractivity (Wildman–Crippen MR) is 64.1 cm³/mol. The van der Waals surface area contributed by atoms with Gasteiger partial charge in [0.25, 0.3) is 5.91 Å². The third kappa shape index (κ3) is 2.10. The van der Waals surface area contributed by atoms with Crippen LogP contribution >= 0.6 is 0 Å². The van der Waals surface area contributed by atoms with E-state index in [0.29, 0.717) is 25.1 Å². The first-order valence-corrected chi connectivity index (χ1v) is 6.10. The van der Waals surface area contributed by atoms with Gasteiger partial charge in [0.2, 0.25) is 0 Å². The number of aromatic nitrogens is 2. The zero-order valence-electron chi connectivity index (χ0n) is 10.3. The molecule has 1 saturated heterocycles. The number of imidazole rings is 1. The van der Waals surface area contributed by atoms with Crippen LogP contribution in [-0.4, -0.2) is 44.9 Å². The van der Waals surface area contributed by atoms with E-state index in [4.69, 9.17) is 0 Å². The number of amides is 1.